The molecule has 0 aliphatic carbocycles. The van der Waals surface area contributed by atoms with Crippen molar-refractivity contribution in [3.8, 4) is 0 Å². The van der Waals surface area contributed by atoms with Crippen LogP contribution in [-0.2, 0) is 44.3 Å². The van der Waals surface area contributed by atoms with Gasteiger partial charge in [0.1, 0.15) is 0 Å². The average Bonchev–Trinajstić information content (AvgIpc) is 1.25. The molecule has 0 aromatic rings. The van der Waals surface area contributed by atoms with Crippen molar-refractivity contribution < 1.29 is 84.3 Å². The third-order valence-electron chi connectivity index (χ3n) is 0.283. The molecule has 0 aromatic heterocycles. The first-order chi connectivity index (χ1) is 3.25. The van der Waals surface area contributed by atoms with Crippen LogP contribution in [-0.4, -0.2) is 18.5 Å². The van der Waals surface area contributed by atoms with Crippen LogP contribution < -0.4 is 24.0 Å². The van der Waals surface area contributed by atoms with Gasteiger partial charge in [-0.3, -0.25) is 0 Å². The summed E-state index contributed by atoms with van der Waals surface area (Å²) >= 11 is 0. The first kappa shape index (κ1) is 22.9. The minimum Gasteiger partial charge on any atom is -1.00 e. The quantitative estimate of drug-likeness (QED) is 0.188. The number of alkyl halides is 3. The second-order valence-corrected chi connectivity index (χ2v) is 2.27. The third-order valence-corrected chi connectivity index (χ3v) is 0.850. The van der Waals surface area contributed by atoms with Crippen molar-refractivity contribution >= 4 is 10.1 Å². The van der Waals surface area contributed by atoms with Gasteiger partial charge in [-0.25, -0.2) is 8.42 Å². The van der Waals surface area contributed by atoms with E-state index in [9.17, 15) is 13.2 Å². The predicted octanol–water partition coefficient (Wildman–Crippen LogP) is -2.95. The van der Waals surface area contributed by atoms with Crippen LogP contribution in [0.2, 0.25) is 0 Å². The van der Waals surface area contributed by atoms with Crippen molar-refractivity contribution in [1.82, 2.24) is 0 Å². The maximum Gasteiger partial charge on any atom is 1.00 e. The molecule has 0 fully saturated rings. The van der Waals surface area contributed by atoms with E-state index in [2.05, 4.69) is 0 Å². The van der Waals surface area contributed by atoms with Crippen LogP contribution in [0.3, 0.4) is 0 Å². The molecular weight excluding hydrogens is 403 g/mol. The van der Waals surface area contributed by atoms with Crippen LogP contribution >= 0.6 is 0 Å². The van der Waals surface area contributed by atoms with Crippen molar-refractivity contribution in [3.05, 3.63) is 0 Å². The van der Waals surface area contributed by atoms with E-state index >= 15 is 0 Å². The predicted molar refractivity (Wildman–Crippen MR) is 15.8 cm³/mol. The molecule has 11 heavy (non-hydrogen) atoms. The Labute approximate surface area is 99.2 Å². The molecule has 0 N–H and O–H groups in total. The van der Waals surface area contributed by atoms with E-state index in [0.29, 0.717) is 0 Å². The summed E-state index contributed by atoms with van der Waals surface area (Å²) in [6.07, 6.45) is 0. The normalized spacial score (nSPS) is 10.2. The number of hydrogen-bond acceptors (Lipinski definition) is 3. The van der Waals surface area contributed by atoms with Gasteiger partial charge in [0.05, 0.1) is 0 Å². The van der Waals surface area contributed by atoms with Crippen LogP contribution in [0.4, 0.5) is 13.2 Å². The second kappa shape index (κ2) is 6.93. The monoisotopic (exact) mass is 402 g/mol. The van der Waals surface area contributed by atoms with E-state index in [1.807, 2.05) is 0 Å². The van der Waals surface area contributed by atoms with Gasteiger partial charge in [0, 0.05) is 0 Å². The van der Waals surface area contributed by atoms with E-state index in [-0.39, 0.29) is 58.1 Å². The molecule has 0 amide bonds. The molecule has 3 nitrogen and oxygen atoms in total. The maximum atomic E-state index is 10.7. The topological polar surface area (TPSA) is 57.2 Å². The number of hydrogen-bond donors (Lipinski definition) is 0. The van der Waals surface area contributed by atoms with Gasteiger partial charge in [-0.15, -0.1) is 0 Å². The van der Waals surface area contributed by atoms with E-state index in [0.717, 1.165) is 0 Å². The van der Waals surface area contributed by atoms with Crippen molar-refractivity contribution in [1.29, 1.82) is 0 Å². The summed E-state index contributed by atoms with van der Waals surface area (Å²) < 4.78 is 58.9. The van der Waals surface area contributed by atoms with Crippen LogP contribution in [0.1, 0.15) is 0 Å². The van der Waals surface area contributed by atoms with E-state index < -0.39 is 15.6 Å². The Hall–Kier alpha value is 1.47. The van der Waals surface area contributed by atoms with Crippen molar-refractivity contribution in [2.24, 2.45) is 0 Å². The minimum absolute atomic E-state index is 0. The molecule has 0 bridgehead atoms. The first-order valence-corrected chi connectivity index (χ1v) is 2.68. The fourth-order valence-electron chi connectivity index (χ4n) is 0. The molecule has 0 radical (unpaired) electrons. The Morgan fingerprint density at radius 3 is 1.18 bits per heavy atom. The Morgan fingerprint density at radius 1 is 1.09 bits per heavy atom. The third kappa shape index (κ3) is 9.38. The van der Waals surface area contributed by atoms with Gasteiger partial charge in [0.15, 0.2) is 10.1 Å². The SMILES string of the molecule is O=S(=O)([O-])C(F)(F)F.[Cu+].[Cu+].[I-]. The maximum absolute atomic E-state index is 10.7. The standard InChI is InChI=1S/CHF3O3S.2Cu.HI/c2-1(3,4)8(5,6)7;;;/h(H,5,6,7);;;1H/q;2*+1;/p-2. The fourth-order valence-corrected chi connectivity index (χ4v) is 0. The van der Waals surface area contributed by atoms with Crippen LogP contribution in [0, 0.1) is 0 Å². The summed E-state index contributed by atoms with van der Waals surface area (Å²) in [5, 5.41) is 0. The van der Waals surface area contributed by atoms with Gasteiger partial charge in [-0.05, 0) is 0 Å². The van der Waals surface area contributed by atoms with Crippen LogP contribution in [0.5, 0.6) is 0 Å². The summed E-state index contributed by atoms with van der Waals surface area (Å²) in [5.41, 5.74) is -5.65. The number of rotatable bonds is 0. The zero-order valence-electron chi connectivity index (χ0n) is 4.25. The molecular formula is CCu2F3IO3S. The number of halogens is 4. The molecule has 0 unspecified atom stereocenters. The molecule has 0 aliphatic heterocycles. The molecule has 0 heterocycles. The Balaban J connectivity index is -0.0000000817. The zero-order chi connectivity index (χ0) is 7.00. The van der Waals surface area contributed by atoms with Gasteiger partial charge in [-0.2, -0.15) is 13.2 Å². The van der Waals surface area contributed by atoms with Gasteiger partial charge in [0.25, 0.3) is 0 Å². The fraction of sp³-hybridized carbons (Fsp3) is 1.00. The largest absolute Gasteiger partial charge is 1.00 e. The van der Waals surface area contributed by atoms with Crippen molar-refractivity contribution in [2.45, 2.75) is 5.51 Å². The molecule has 0 aliphatic rings. The Bertz CT molecular complexity index is 176. The summed E-state index contributed by atoms with van der Waals surface area (Å²) in [5.74, 6) is 0. The zero-order valence-corrected chi connectivity index (χ0v) is 9.11. The molecule has 0 spiro atoms. The summed E-state index contributed by atoms with van der Waals surface area (Å²) in [4.78, 5) is 0. The molecule has 10 heteroatoms. The molecule has 0 saturated heterocycles. The average molecular weight is 403 g/mol. The van der Waals surface area contributed by atoms with Gasteiger partial charge < -0.3 is 28.5 Å². The van der Waals surface area contributed by atoms with Gasteiger partial charge in [0.2, 0.25) is 0 Å². The Morgan fingerprint density at radius 2 is 1.18 bits per heavy atom. The molecule has 0 saturated carbocycles. The Kier molecular flexibility index (Phi) is 14.4. The van der Waals surface area contributed by atoms with Crippen LogP contribution in [0.25, 0.3) is 0 Å². The second-order valence-electron chi connectivity index (χ2n) is 0.900. The van der Waals surface area contributed by atoms with Crippen molar-refractivity contribution in [3.63, 3.8) is 0 Å². The molecule has 0 rings (SSSR count). The summed E-state index contributed by atoms with van der Waals surface area (Å²) in [6.45, 7) is 0. The summed E-state index contributed by atoms with van der Waals surface area (Å²) in [7, 11) is -6.09. The van der Waals surface area contributed by atoms with E-state index in [1.165, 1.54) is 0 Å². The summed E-state index contributed by atoms with van der Waals surface area (Å²) in [6, 6.07) is 0. The molecule has 78 valence electrons. The van der Waals surface area contributed by atoms with Crippen molar-refractivity contribution in [2.75, 3.05) is 0 Å². The van der Waals surface area contributed by atoms with Gasteiger partial charge in [-0.1, -0.05) is 0 Å². The van der Waals surface area contributed by atoms with Gasteiger partial charge >= 0.3 is 39.6 Å². The molecule has 0 atom stereocenters. The first-order valence-electron chi connectivity index (χ1n) is 1.27. The van der Waals surface area contributed by atoms with Crippen LogP contribution in [0.15, 0.2) is 0 Å². The molecule has 0 aromatic carbocycles. The smallest absolute Gasteiger partial charge is 1.00 e. The minimum atomic E-state index is -6.09. The van der Waals surface area contributed by atoms with E-state index in [1.54, 1.807) is 0 Å². The van der Waals surface area contributed by atoms with E-state index in [4.69, 9.17) is 13.0 Å².